The third kappa shape index (κ3) is 7.76. The van der Waals surface area contributed by atoms with Crippen molar-refractivity contribution in [1.29, 1.82) is 0 Å². The summed E-state index contributed by atoms with van der Waals surface area (Å²) >= 11 is 4.76. The van der Waals surface area contributed by atoms with Crippen LogP contribution in [0.5, 0.6) is 0 Å². The van der Waals surface area contributed by atoms with E-state index < -0.39 is 6.04 Å². The Morgan fingerprint density at radius 1 is 1.10 bits per heavy atom. The largest absolute Gasteiger partial charge is 0.354 e. The standard InChI is InChI=1S/C23H28BrFN2O2S/c1-16(2)12-26-23(29)17(3)27(13-18-8-10-20(24)11-9-18)22(28)15-30-14-19-6-4-5-7-21(19)25/h4-11,16-17H,12-15H2,1-3H3,(H,26,29)/t17-/m0/s1. The van der Waals surface area contributed by atoms with E-state index in [1.807, 2.05) is 38.1 Å². The lowest BCUT2D eigenvalue weighted by Gasteiger charge is -2.29. The second-order valence-corrected chi connectivity index (χ2v) is 9.45. The molecular weight excluding hydrogens is 467 g/mol. The molecule has 0 saturated carbocycles. The first-order chi connectivity index (χ1) is 14.3. The number of hydrogen-bond donors (Lipinski definition) is 1. The predicted octanol–water partition coefficient (Wildman–Crippen LogP) is 5.01. The molecule has 4 nitrogen and oxygen atoms in total. The lowest BCUT2D eigenvalue weighted by atomic mass is 10.1. The Kier molecular flexibility index (Phi) is 9.85. The topological polar surface area (TPSA) is 49.4 Å². The minimum atomic E-state index is -0.603. The summed E-state index contributed by atoms with van der Waals surface area (Å²) < 4.78 is 14.8. The summed E-state index contributed by atoms with van der Waals surface area (Å²) in [7, 11) is 0. The zero-order valence-corrected chi connectivity index (χ0v) is 19.9. The Morgan fingerprint density at radius 3 is 2.40 bits per heavy atom. The molecule has 2 aromatic rings. The van der Waals surface area contributed by atoms with Crippen LogP contribution >= 0.6 is 27.7 Å². The number of nitrogens with zero attached hydrogens (tertiary/aromatic N) is 1. The molecule has 0 aliphatic carbocycles. The number of nitrogens with one attached hydrogen (secondary N) is 1. The van der Waals surface area contributed by atoms with Crippen LogP contribution in [0.4, 0.5) is 4.39 Å². The van der Waals surface area contributed by atoms with Crippen molar-refractivity contribution in [3.05, 3.63) is 69.9 Å². The lowest BCUT2D eigenvalue weighted by Crippen LogP contribution is -2.48. The van der Waals surface area contributed by atoms with E-state index in [0.29, 0.717) is 30.3 Å². The van der Waals surface area contributed by atoms with Crippen LogP contribution < -0.4 is 5.32 Å². The first-order valence-corrected chi connectivity index (χ1v) is 11.9. The third-order valence-electron chi connectivity index (χ3n) is 4.56. The second kappa shape index (κ2) is 12.1. The number of hydrogen-bond acceptors (Lipinski definition) is 3. The van der Waals surface area contributed by atoms with Gasteiger partial charge in [-0.3, -0.25) is 9.59 Å². The second-order valence-electron chi connectivity index (χ2n) is 7.55. The van der Waals surface area contributed by atoms with Gasteiger partial charge in [0.2, 0.25) is 11.8 Å². The van der Waals surface area contributed by atoms with Crippen molar-refractivity contribution in [2.75, 3.05) is 12.3 Å². The van der Waals surface area contributed by atoms with E-state index in [1.54, 1.807) is 30.0 Å². The van der Waals surface area contributed by atoms with Gasteiger partial charge in [-0.25, -0.2) is 4.39 Å². The van der Waals surface area contributed by atoms with E-state index >= 15 is 0 Å². The maximum atomic E-state index is 13.8. The normalized spacial score (nSPS) is 11.9. The van der Waals surface area contributed by atoms with E-state index in [9.17, 15) is 14.0 Å². The van der Waals surface area contributed by atoms with Crippen molar-refractivity contribution in [2.24, 2.45) is 5.92 Å². The Labute approximate surface area is 190 Å². The molecule has 2 aromatic carbocycles. The highest BCUT2D eigenvalue weighted by Crippen LogP contribution is 2.18. The van der Waals surface area contributed by atoms with Crippen LogP contribution in [0.2, 0.25) is 0 Å². The van der Waals surface area contributed by atoms with Crippen LogP contribution in [0.1, 0.15) is 31.9 Å². The van der Waals surface area contributed by atoms with Gasteiger partial charge >= 0.3 is 0 Å². The molecule has 162 valence electrons. The number of carbonyl (C=O) groups excluding carboxylic acids is 2. The van der Waals surface area contributed by atoms with Gasteiger partial charge in [-0.2, -0.15) is 0 Å². The molecule has 0 unspecified atom stereocenters. The Hall–Kier alpha value is -1.86. The van der Waals surface area contributed by atoms with Crippen molar-refractivity contribution in [1.82, 2.24) is 10.2 Å². The van der Waals surface area contributed by atoms with Gasteiger partial charge in [0.05, 0.1) is 5.75 Å². The number of rotatable bonds is 10. The molecule has 2 amide bonds. The Morgan fingerprint density at radius 2 is 1.77 bits per heavy atom. The fourth-order valence-corrected chi connectivity index (χ4v) is 3.93. The number of thioether (sulfide) groups is 1. The van der Waals surface area contributed by atoms with Crippen LogP contribution in [0.3, 0.4) is 0 Å². The summed E-state index contributed by atoms with van der Waals surface area (Å²) in [4.78, 5) is 27.2. The van der Waals surface area contributed by atoms with Crippen molar-refractivity contribution in [3.63, 3.8) is 0 Å². The average molecular weight is 495 g/mol. The highest BCUT2D eigenvalue weighted by atomic mass is 79.9. The highest BCUT2D eigenvalue weighted by molar-refractivity contribution is 9.10. The molecule has 1 atom stereocenters. The molecule has 0 spiro atoms. The van der Waals surface area contributed by atoms with Gasteiger partial charge in [-0.05, 0) is 42.2 Å². The van der Waals surface area contributed by atoms with E-state index in [2.05, 4.69) is 21.2 Å². The Balaban J connectivity index is 2.06. The summed E-state index contributed by atoms with van der Waals surface area (Å²) in [6.07, 6.45) is 0. The maximum Gasteiger partial charge on any atom is 0.242 e. The fraction of sp³-hybridized carbons (Fsp3) is 0.391. The highest BCUT2D eigenvalue weighted by Gasteiger charge is 2.26. The van der Waals surface area contributed by atoms with E-state index in [1.165, 1.54) is 17.8 Å². The summed E-state index contributed by atoms with van der Waals surface area (Å²) in [6, 6.07) is 13.6. The van der Waals surface area contributed by atoms with Gasteiger partial charge in [0.25, 0.3) is 0 Å². The van der Waals surface area contributed by atoms with Crippen molar-refractivity contribution >= 4 is 39.5 Å². The Bertz CT molecular complexity index is 845. The molecule has 0 heterocycles. The smallest absolute Gasteiger partial charge is 0.242 e. The van der Waals surface area contributed by atoms with Gasteiger partial charge in [-0.1, -0.05) is 60.1 Å². The minimum Gasteiger partial charge on any atom is -0.354 e. The van der Waals surface area contributed by atoms with E-state index in [-0.39, 0.29) is 23.4 Å². The number of amides is 2. The SMILES string of the molecule is CC(C)CNC(=O)[C@H](C)N(Cc1ccc(Br)cc1)C(=O)CSCc1ccccc1F. The molecule has 0 aliphatic heterocycles. The molecule has 1 N–H and O–H groups in total. The summed E-state index contributed by atoms with van der Waals surface area (Å²) in [5.74, 6) is 0.309. The predicted molar refractivity (Wildman–Crippen MR) is 125 cm³/mol. The first kappa shape index (κ1) is 24.4. The minimum absolute atomic E-state index is 0.147. The molecule has 0 fully saturated rings. The average Bonchev–Trinajstić information content (AvgIpc) is 2.72. The summed E-state index contributed by atoms with van der Waals surface area (Å²) in [5.41, 5.74) is 1.51. The zero-order chi connectivity index (χ0) is 22.1. The van der Waals surface area contributed by atoms with E-state index in [0.717, 1.165) is 10.0 Å². The van der Waals surface area contributed by atoms with Crippen molar-refractivity contribution < 1.29 is 14.0 Å². The van der Waals surface area contributed by atoms with Gasteiger partial charge in [-0.15, -0.1) is 11.8 Å². The molecular formula is C23H28BrFN2O2S. The molecule has 0 aromatic heterocycles. The maximum absolute atomic E-state index is 13.8. The number of benzene rings is 2. The molecule has 0 bridgehead atoms. The van der Waals surface area contributed by atoms with Gasteiger partial charge in [0.1, 0.15) is 11.9 Å². The zero-order valence-electron chi connectivity index (χ0n) is 17.5. The van der Waals surface area contributed by atoms with Crippen molar-refractivity contribution in [3.8, 4) is 0 Å². The van der Waals surface area contributed by atoms with Crippen LogP contribution in [0, 0.1) is 11.7 Å². The fourth-order valence-electron chi connectivity index (χ4n) is 2.77. The van der Waals surface area contributed by atoms with Crippen LogP contribution in [0.25, 0.3) is 0 Å². The number of carbonyl (C=O) groups is 2. The molecule has 0 aliphatic rings. The molecule has 7 heteroatoms. The van der Waals surface area contributed by atoms with Crippen LogP contribution in [-0.4, -0.2) is 35.1 Å². The number of halogens is 2. The summed E-state index contributed by atoms with van der Waals surface area (Å²) in [6.45, 7) is 6.69. The van der Waals surface area contributed by atoms with E-state index in [4.69, 9.17) is 0 Å². The van der Waals surface area contributed by atoms with Gasteiger partial charge < -0.3 is 10.2 Å². The molecule has 2 rings (SSSR count). The summed E-state index contributed by atoms with van der Waals surface area (Å²) in [5, 5.41) is 2.90. The molecule has 0 radical (unpaired) electrons. The quantitative estimate of drug-likeness (QED) is 0.504. The third-order valence-corrected chi connectivity index (χ3v) is 6.05. The van der Waals surface area contributed by atoms with Gasteiger partial charge in [0, 0.05) is 23.3 Å². The lowest BCUT2D eigenvalue weighted by molar-refractivity contribution is -0.138. The molecule has 30 heavy (non-hydrogen) atoms. The monoisotopic (exact) mass is 494 g/mol. The van der Waals surface area contributed by atoms with Gasteiger partial charge in [0.15, 0.2) is 0 Å². The van der Waals surface area contributed by atoms with Crippen LogP contribution in [-0.2, 0) is 21.9 Å². The van der Waals surface area contributed by atoms with Crippen molar-refractivity contribution in [2.45, 2.75) is 39.1 Å². The van der Waals surface area contributed by atoms with Crippen LogP contribution in [0.15, 0.2) is 53.0 Å². The molecule has 0 saturated heterocycles. The first-order valence-electron chi connectivity index (χ1n) is 9.90.